The van der Waals surface area contributed by atoms with Gasteiger partial charge in [0.15, 0.2) is 0 Å². The second-order valence-corrected chi connectivity index (χ2v) is 2.74. The van der Waals surface area contributed by atoms with Crippen LogP contribution in [0.3, 0.4) is 0 Å². The van der Waals surface area contributed by atoms with E-state index in [-0.39, 0.29) is 0 Å². The van der Waals surface area contributed by atoms with Crippen LogP contribution in [0.2, 0.25) is 0 Å². The Bertz CT molecular complexity index is 118. The third-order valence-corrected chi connectivity index (χ3v) is 1.86. The van der Waals surface area contributed by atoms with Gasteiger partial charge < -0.3 is 4.74 Å². The van der Waals surface area contributed by atoms with Gasteiger partial charge in [0.1, 0.15) is 0 Å². The lowest BCUT2D eigenvalue weighted by Crippen LogP contribution is -1.88. The van der Waals surface area contributed by atoms with Crippen molar-refractivity contribution in [2.75, 3.05) is 0 Å². The molecule has 1 aliphatic rings. The second-order valence-electron chi connectivity index (χ2n) is 2.74. The Hall–Kier alpha value is -0.300. The summed E-state index contributed by atoms with van der Waals surface area (Å²) < 4.78 is 5.36. The molecule has 0 radical (unpaired) electrons. The summed E-state index contributed by atoms with van der Waals surface area (Å²) in [6, 6.07) is 0. The molecular formula is C9H16O. The van der Waals surface area contributed by atoms with Crippen molar-refractivity contribution >= 4 is 0 Å². The van der Waals surface area contributed by atoms with Crippen LogP contribution in [0.1, 0.15) is 33.1 Å². The van der Waals surface area contributed by atoms with Gasteiger partial charge in [0, 0.05) is 0 Å². The highest BCUT2D eigenvalue weighted by atomic mass is 16.6. The van der Waals surface area contributed by atoms with E-state index in [1.165, 1.54) is 6.42 Å². The summed E-state index contributed by atoms with van der Waals surface area (Å²) in [6.45, 7) is 4.33. The van der Waals surface area contributed by atoms with Gasteiger partial charge in [-0.25, -0.2) is 0 Å². The van der Waals surface area contributed by atoms with Crippen molar-refractivity contribution in [2.45, 2.75) is 45.3 Å². The fraction of sp³-hybridized carbons (Fsp3) is 0.778. The van der Waals surface area contributed by atoms with Crippen LogP contribution in [0, 0.1) is 0 Å². The number of rotatable bonds is 4. The molecule has 0 aromatic heterocycles. The smallest absolute Gasteiger partial charge is 0.0876 e. The molecule has 1 aliphatic heterocycles. The van der Waals surface area contributed by atoms with Gasteiger partial charge in [0.05, 0.1) is 12.2 Å². The minimum Gasteiger partial charge on any atom is -0.369 e. The zero-order valence-corrected chi connectivity index (χ0v) is 6.84. The molecule has 58 valence electrons. The van der Waals surface area contributed by atoms with E-state index >= 15 is 0 Å². The normalized spacial score (nSPS) is 31.4. The standard InChI is InChI=1S/C9H16O/c1-3-5-6-7-9-8(4-2)10-9/h5-6,8-9H,3-4,7H2,1-2H3. The van der Waals surface area contributed by atoms with Gasteiger partial charge >= 0.3 is 0 Å². The van der Waals surface area contributed by atoms with E-state index < -0.39 is 0 Å². The van der Waals surface area contributed by atoms with Crippen LogP contribution in [0.25, 0.3) is 0 Å². The predicted octanol–water partition coefficient (Wildman–Crippen LogP) is 2.52. The van der Waals surface area contributed by atoms with E-state index in [9.17, 15) is 0 Å². The minimum atomic E-state index is 0.549. The number of allylic oxidation sites excluding steroid dienone is 1. The first kappa shape index (κ1) is 7.80. The highest BCUT2D eigenvalue weighted by Crippen LogP contribution is 2.27. The maximum Gasteiger partial charge on any atom is 0.0876 e. The molecule has 10 heavy (non-hydrogen) atoms. The Kier molecular flexibility index (Phi) is 2.94. The van der Waals surface area contributed by atoms with Crippen LogP contribution in [0.4, 0.5) is 0 Å². The Morgan fingerprint density at radius 1 is 1.20 bits per heavy atom. The third kappa shape index (κ3) is 2.14. The van der Waals surface area contributed by atoms with Crippen molar-refractivity contribution in [3.8, 4) is 0 Å². The van der Waals surface area contributed by atoms with Crippen LogP contribution >= 0.6 is 0 Å². The van der Waals surface area contributed by atoms with Crippen LogP contribution in [0.15, 0.2) is 12.2 Å². The molecule has 2 atom stereocenters. The average molecular weight is 140 g/mol. The molecule has 1 nitrogen and oxygen atoms in total. The van der Waals surface area contributed by atoms with Crippen LogP contribution in [0.5, 0.6) is 0 Å². The molecule has 0 N–H and O–H groups in total. The zero-order chi connectivity index (χ0) is 7.40. The van der Waals surface area contributed by atoms with Crippen molar-refractivity contribution in [3.63, 3.8) is 0 Å². The number of epoxide rings is 1. The molecule has 0 aliphatic carbocycles. The molecule has 1 rings (SSSR count). The molecule has 0 bridgehead atoms. The van der Waals surface area contributed by atoms with Gasteiger partial charge in [-0.1, -0.05) is 26.0 Å². The maximum atomic E-state index is 5.36. The van der Waals surface area contributed by atoms with Crippen molar-refractivity contribution in [1.82, 2.24) is 0 Å². The van der Waals surface area contributed by atoms with Gasteiger partial charge in [0.25, 0.3) is 0 Å². The fourth-order valence-electron chi connectivity index (χ4n) is 1.14. The first-order valence-electron chi connectivity index (χ1n) is 4.19. The molecule has 0 spiro atoms. The van der Waals surface area contributed by atoms with E-state index in [0.29, 0.717) is 12.2 Å². The molecule has 0 aromatic carbocycles. The first-order valence-corrected chi connectivity index (χ1v) is 4.19. The summed E-state index contributed by atoms with van der Waals surface area (Å²) in [5, 5.41) is 0. The maximum absolute atomic E-state index is 5.36. The lowest BCUT2D eigenvalue weighted by atomic mass is 10.2. The minimum absolute atomic E-state index is 0.549. The zero-order valence-electron chi connectivity index (χ0n) is 6.84. The predicted molar refractivity (Wildman–Crippen MR) is 43.0 cm³/mol. The Morgan fingerprint density at radius 3 is 2.50 bits per heavy atom. The first-order chi connectivity index (χ1) is 4.88. The van der Waals surface area contributed by atoms with Crippen LogP contribution in [-0.4, -0.2) is 12.2 Å². The monoisotopic (exact) mass is 140 g/mol. The molecule has 0 amide bonds. The number of ether oxygens (including phenoxy) is 1. The highest BCUT2D eigenvalue weighted by molar-refractivity contribution is 4.92. The molecule has 1 saturated heterocycles. The second kappa shape index (κ2) is 3.77. The SMILES string of the molecule is CCC=CCC1OC1CC. The Balaban J connectivity index is 2.01. The van der Waals surface area contributed by atoms with Crippen LogP contribution in [-0.2, 0) is 4.74 Å². The number of hydrogen-bond acceptors (Lipinski definition) is 1. The van der Waals surface area contributed by atoms with Crippen molar-refractivity contribution in [3.05, 3.63) is 12.2 Å². The average Bonchev–Trinajstić information content (AvgIpc) is 2.68. The lowest BCUT2D eigenvalue weighted by molar-refractivity contribution is 0.367. The van der Waals surface area contributed by atoms with Crippen molar-refractivity contribution in [1.29, 1.82) is 0 Å². The largest absolute Gasteiger partial charge is 0.369 e. The summed E-state index contributed by atoms with van der Waals surface area (Å²) in [7, 11) is 0. The Morgan fingerprint density at radius 2 is 2.00 bits per heavy atom. The summed E-state index contributed by atoms with van der Waals surface area (Å²) in [6.07, 6.45) is 8.98. The van der Waals surface area contributed by atoms with Crippen molar-refractivity contribution < 1.29 is 4.74 Å². The number of hydrogen-bond donors (Lipinski definition) is 0. The van der Waals surface area contributed by atoms with E-state index in [2.05, 4.69) is 26.0 Å². The molecule has 1 heterocycles. The van der Waals surface area contributed by atoms with E-state index in [1.807, 2.05) is 0 Å². The molecule has 0 aromatic rings. The molecule has 1 fully saturated rings. The van der Waals surface area contributed by atoms with Gasteiger partial charge in [0.2, 0.25) is 0 Å². The molecular weight excluding hydrogens is 124 g/mol. The van der Waals surface area contributed by atoms with Crippen molar-refractivity contribution in [2.24, 2.45) is 0 Å². The third-order valence-electron chi connectivity index (χ3n) is 1.86. The van der Waals surface area contributed by atoms with E-state index in [1.54, 1.807) is 0 Å². The van der Waals surface area contributed by atoms with Gasteiger partial charge in [-0.05, 0) is 19.3 Å². The van der Waals surface area contributed by atoms with Crippen LogP contribution < -0.4 is 0 Å². The summed E-state index contributed by atoms with van der Waals surface area (Å²) in [5.74, 6) is 0. The van der Waals surface area contributed by atoms with Gasteiger partial charge in [-0.3, -0.25) is 0 Å². The van der Waals surface area contributed by atoms with E-state index in [4.69, 9.17) is 4.74 Å². The topological polar surface area (TPSA) is 12.5 Å². The molecule has 2 unspecified atom stereocenters. The molecule has 0 saturated carbocycles. The lowest BCUT2D eigenvalue weighted by Gasteiger charge is -1.83. The van der Waals surface area contributed by atoms with Gasteiger partial charge in [-0.2, -0.15) is 0 Å². The fourth-order valence-corrected chi connectivity index (χ4v) is 1.14. The Labute approximate surface area is 63.1 Å². The highest BCUT2D eigenvalue weighted by Gasteiger charge is 2.35. The molecule has 1 heteroatoms. The van der Waals surface area contributed by atoms with Gasteiger partial charge in [-0.15, -0.1) is 0 Å². The summed E-state index contributed by atoms with van der Waals surface area (Å²) in [4.78, 5) is 0. The summed E-state index contributed by atoms with van der Waals surface area (Å²) in [5.41, 5.74) is 0. The van der Waals surface area contributed by atoms with E-state index in [0.717, 1.165) is 12.8 Å². The summed E-state index contributed by atoms with van der Waals surface area (Å²) >= 11 is 0. The quantitative estimate of drug-likeness (QED) is 0.432.